The second-order valence-electron chi connectivity index (χ2n) is 7.59. The minimum atomic E-state index is -4.15. The van der Waals surface area contributed by atoms with Crippen LogP contribution in [0.5, 0.6) is 0 Å². The molecule has 0 aliphatic carbocycles. The average Bonchev–Trinajstić information content (AvgIpc) is 3.33. The molecule has 1 unspecified atom stereocenters. The van der Waals surface area contributed by atoms with Gasteiger partial charge in [-0.2, -0.15) is 13.2 Å². The van der Waals surface area contributed by atoms with Gasteiger partial charge in [0.2, 0.25) is 5.89 Å². The van der Waals surface area contributed by atoms with Gasteiger partial charge < -0.3 is 15.1 Å². The summed E-state index contributed by atoms with van der Waals surface area (Å²) in [5, 5.41) is 6.39. The van der Waals surface area contributed by atoms with Crippen LogP contribution < -0.4 is 10.6 Å². The topological polar surface area (TPSA) is 65.7 Å². The van der Waals surface area contributed by atoms with Crippen molar-refractivity contribution in [3.63, 3.8) is 0 Å². The predicted molar refractivity (Wildman–Crippen MR) is 110 cm³/mol. The van der Waals surface area contributed by atoms with E-state index in [1.54, 1.807) is 6.26 Å². The number of oxazole rings is 1. The van der Waals surface area contributed by atoms with Gasteiger partial charge in [0.05, 0.1) is 13.1 Å². The number of hydrogen-bond acceptors (Lipinski definition) is 4. The lowest BCUT2D eigenvalue weighted by Gasteiger charge is -2.18. The molecule has 2 N–H and O–H groups in total. The number of nitrogens with one attached hydrogen (secondary N) is 2. The standard InChI is InChI=1S/C21H28F3N5O/c1-3-25-20(26-10-16-8-9-29(12-16)14-21(22,23)24)27-11-18-13-30-19(28-18)17-6-4-15(2)5-7-17/h4-7,13,16H,3,8-12,14H2,1-2H3,(H2,25,26,27). The molecule has 2 heterocycles. The number of nitrogens with zero attached hydrogens (tertiary/aromatic N) is 3. The van der Waals surface area contributed by atoms with E-state index in [1.165, 1.54) is 10.5 Å². The lowest BCUT2D eigenvalue weighted by atomic mass is 10.1. The summed E-state index contributed by atoms with van der Waals surface area (Å²) in [6.45, 7) is 5.66. The summed E-state index contributed by atoms with van der Waals surface area (Å²) in [6, 6.07) is 7.93. The Morgan fingerprint density at radius 2 is 2.03 bits per heavy atom. The Morgan fingerprint density at radius 1 is 1.27 bits per heavy atom. The zero-order valence-electron chi connectivity index (χ0n) is 17.3. The number of aryl methyl sites for hydroxylation is 1. The van der Waals surface area contributed by atoms with E-state index in [0.29, 0.717) is 50.3 Å². The molecule has 1 aliphatic heterocycles. The van der Waals surface area contributed by atoms with Crippen molar-refractivity contribution in [1.29, 1.82) is 0 Å². The van der Waals surface area contributed by atoms with Gasteiger partial charge >= 0.3 is 6.18 Å². The quantitative estimate of drug-likeness (QED) is 0.526. The second-order valence-corrected chi connectivity index (χ2v) is 7.59. The summed E-state index contributed by atoms with van der Waals surface area (Å²) in [5.41, 5.74) is 2.78. The monoisotopic (exact) mass is 423 g/mol. The van der Waals surface area contributed by atoms with E-state index in [-0.39, 0.29) is 5.92 Å². The number of alkyl halides is 3. The first-order chi connectivity index (χ1) is 14.3. The van der Waals surface area contributed by atoms with E-state index in [4.69, 9.17) is 4.42 Å². The number of aliphatic imine (C=N–C) groups is 1. The number of halogens is 3. The third kappa shape index (κ3) is 6.76. The van der Waals surface area contributed by atoms with E-state index in [0.717, 1.165) is 12.0 Å². The Hall–Kier alpha value is -2.55. The van der Waals surface area contributed by atoms with Crippen LogP contribution in [0.1, 0.15) is 24.6 Å². The largest absolute Gasteiger partial charge is 0.444 e. The number of likely N-dealkylation sites (tertiary alicyclic amines) is 1. The van der Waals surface area contributed by atoms with Crippen molar-refractivity contribution in [3.05, 3.63) is 41.8 Å². The molecule has 1 aromatic carbocycles. The zero-order valence-corrected chi connectivity index (χ0v) is 17.3. The lowest BCUT2D eigenvalue weighted by Crippen LogP contribution is -2.40. The highest BCUT2D eigenvalue weighted by Crippen LogP contribution is 2.22. The number of aromatic nitrogens is 1. The molecule has 164 valence electrons. The maximum Gasteiger partial charge on any atom is 0.401 e. The second kappa shape index (κ2) is 9.97. The maximum atomic E-state index is 12.5. The third-order valence-corrected chi connectivity index (χ3v) is 4.92. The number of guanidine groups is 1. The first-order valence-electron chi connectivity index (χ1n) is 10.1. The van der Waals surface area contributed by atoms with Crippen molar-refractivity contribution in [2.45, 2.75) is 33.0 Å². The van der Waals surface area contributed by atoms with Crippen molar-refractivity contribution < 1.29 is 17.6 Å². The van der Waals surface area contributed by atoms with Gasteiger partial charge in [-0.3, -0.25) is 4.90 Å². The SMILES string of the molecule is CCNC(=NCc1coc(-c2ccc(C)cc2)n1)NCC1CCN(CC(F)(F)F)C1. The molecule has 1 aliphatic rings. The summed E-state index contributed by atoms with van der Waals surface area (Å²) < 4.78 is 43.2. The molecule has 1 fully saturated rings. The van der Waals surface area contributed by atoms with Gasteiger partial charge in [0.1, 0.15) is 12.0 Å². The Bertz CT molecular complexity index is 832. The smallest absolute Gasteiger partial charge is 0.401 e. The van der Waals surface area contributed by atoms with E-state index in [2.05, 4.69) is 20.6 Å². The summed E-state index contributed by atoms with van der Waals surface area (Å²) in [5.74, 6) is 1.33. The molecule has 0 bridgehead atoms. The number of rotatable bonds is 7. The Kier molecular flexibility index (Phi) is 7.36. The summed E-state index contributed by atoms with van der Waals surface area (Å²) in [6.07, 6.45) is -1.81. The summed E-state index contributed by atoms with van der Waals surface area (Å²) >= 11 is 0. The first kappa shape index (κ1) is 22.1. The molecule has 0 spiro atoms. The minimum Gasteiger partial charge on any atom is -0.444 e. The molecule has 0 radical (unpaired) electrons. The van der Waals surface area contributed by atoms with Crippen LogP contribution in [0.3, 0.4) is 0 Å². The predicted octanol–water partition coefficient (Wildman–Crippen LogP) is 3.59. The molecule has 30 heavy (non-hydrogen) atoms. The van der Waals surface area contributed by atoms with Gasteiger partial charge in [0, 0.05) is 25.2 Å². The summed E-state index contributed by atoms with van der Waals surface area (Å²) in [7, 11) is 0. The Balaban J connectivity index is 1.52. The number of benzene rings is 1. The fourth-order valence-electron chi connectivity index (χ4n) is 3.43. The van der Waals surface area contributed by atoms with Gasteiger partial charge in [-0.1, -0.05) is 17.7 Å². The van der Waals surface area contributed by atoms with Crippen LogP contribution in [0.25, 0.3) is 11.5 Å². The molecular weight excluding hydrogens is 395 g/mol. The van der Waals surface area contributed by atoms with Gasteiger partial charge in [-0.25, -0.2) is 9.98 Å². The molecule has 1 atom stereocenters. The molecule has 3 rings (SSSR count). The maximum absolute atomic E-state index is 12.5. The van der Waals surface area contributed by atoms with Crippen LogP contribution in [0.2, 0.25) is 0 Å². The Morgan fingerprint density at radius 3 is 2.73 bits per heavy atom. The van der Waals surface area contributed by atoms with Gasteiger partial charge in [0.15, 0.2) is 5.96 Å². The molecular formula is C21H28F3N5O. The molecule has 9 heteroatoms. The van der Waals surface area contributed by atoms with Crippen molar-refractivity contribution in [2.75, 3.05) is 32.7 Å². The van der Waals surface area contributed by atoms with Crippen LogP contribution in [0, 0.1) is 12.8 Å². The van der Waals surface area contributed by atoms with Crippen molar-refractivity contribution in [1.82, 2.24) is 20.5 Å². The third-order valence-electron chi connectivity index (χ3n) is 4.92. The van der Waals surface area contributed by atoms with Crippen LogP contribution in [-0.2, 0) is 6.54 Å². The van der Waals surface area contributed by atoms with Gasteiger partial charge in [-0.05, 0) is 44.9 Å². The number of hydrogen-bond donors (Lipinski definition) is 2. The van der Waals surface area contributed by atoms with E-state index < -0.39 is 12.7 Å². The van der Waals surface area contributed by atoms with Crippen LogP contribution >= 0.6 is 0 Å². The van der Waals surface area contributed by atoms with E-state index in [1.807, 2.05) is 38.1 Å². The van der Waals surface area contributed by atoms with Crippen LogP contribution in [-0.4, -0.2) is 54.7 Å². The molecule has 1 aromatic heterocycles. The molecule has 0 amide bonds. The molecule has 1 saturated heterocycles. The van der Waals surface area contributed by atoms with Crippen LogP contribution in [0.15, 0.2) is 39.9 Å². The lowest BCUT2D eigenvalue weighted by molar-refractivity contribution is -0.143. The fraction of sp³-hybridized carbons (Fsp3) is 0.524. The highest BCUT2D eigenvalue weighted by Gasteiger charge is 2.34. The molecule has 6 nitrogen and oxygen atoms in total. The zero-order chi connectivity index (χ0) is 21.6. The fourth-order valence-corrected chi connectivity index (χ4v) is 3.43. The molecule has 2 aromatic rings. The van der Waals surface area contributed by atoms with Crippen LogP contribution in [0.4, 0.5) is 13.2 Å². The molecule has 0 saturated carbocycles. The van der Waals surface area contributed by atoms with Gasteiger partial charge in [-0.15, -0.1) is 0 Å². The first-order valence-corrected chi connectivity index (χ1v) is 10.1. The highest BCUT2D eigenvalue weighted by molar-refractivity contribution is 5.79. The summed E-state index contributed by atoms with van der Waals surface area (Å²) in [4.78, 5) is 10.5. The Labute approximate surface area is 174 Å². The van der Waals surface area contributed by atoms with Gasteiger partial charge in [0.25, 0.3) is 0 Å². The van der Waals surface area contributed by atoms with Crippen molar-refractivity contribution >= 4 is 5.96 Å². The minimum absolute atomic E-state index is 0.163. The average molecular weight is 423 g/mol. The normalized spacial score (nSPS) is 18.0. The van der Waals surface area contributed by atoms with E-state index >= 15 is 0 Å². The van der Waals surface area contributed by atoms with Crippen molar-refractivity contribution in [3.8, 4) is 11.5 Å². The van der Waals surface area contributed by atoms with Crippen molar-refractivity contribution in [2.24, 2.45) is 10.9 Å². The van der Waals surface area contributed by atoms with E-state index in [9.17, 15) is 13.2 Å². The highest BCUT2D eigenvalue weighted by atomic mass is 19.4.